The van der Waals surface area contributed by atoms with Crippen molar-refractivity contribution >= 4 is 34.9 Å². The van der Waals surface area contributed by atoms with Gasteiger partial charge in [-0.1, -0.05) is 19.1 Å². The van der Waals surface area contributed by atoms with Gasteiger partial charge in [-0.3, -0.25) is 9.59 Å². The first-order valence-corrected chi connectivity index (χ1v) is 9.01. The van der Waals surface area contributed by atoms with Gasteiger partial charge in [-0.25, -0.2) is 4.79 Å². The van der Waals surface area contributed by atoms with Gasteiger partial charge >= 0.3 is 5.97 Å². The number of carboxylic acid groups (broad SMARTS) is 1. The third-order valence-electron chi connectivity index (χ3n) is 4.28. The fourth-order valence-corrected chi connectivity index (χ4v) is 2.97. The van der Waals surface area contributed by atoms with Gasteiger partial charge in [0.05, 0.1) is 11.0 Å². The second-order valence-electron chi connectivity index (χ2n) is 6.41. The van der Waals surface area contributed by atoms with Crippen molar-refractivity contribution in [2.24, 2.45) is 10.7 Å². The number of aromatic amines is 1. The Hall–Kier alpha value is -3.94. The zero-order valence-electron chi connectivity index (χ0n) is 15.8. The number of hydrogen-bond donors (Lipinski definition) is 3. The van der Waals surface area contributed by atoms with Crippen molar-refractivity contribution in [1.82, 2.24) is 9.55 Å². The molecule has 0 saturated heterocycles. The summed E-state index contributed by atoms with van der Waals surface area (Å²) >= 11 is 0. The Morgan fingerprint density at radius 2 is 1.93 bits per heavy atom. The van der Waals surface area contributed by atoms with E-state index in [1.54, 1.807) is 24.3 Å². The highest BCUT2D eigenvalue weighted by Gasteiger charge is 2.10. The minimum Gasteiger partial charge on any atom is -0.478 e. The number of aromatic nitrogens is 2. The van der Waals surface area contributed by atoms with Crippen LogP contribution >= 0.6 is 0 Å². The summed E-state index contributed by atoms with van der Waals surface area (Å²) < 4.78 is 1.88. The van der Waals surface area contributed by atoms with Crippen LogP contribution in [0.1, 0.15) is 39.6 Å². The number of fused-ring (bicyclic) bond motifs is 1. The standard InChI is InChI=1S/C21H20N4O4/c1-2-10-25-17-8-6-13(7-9-18(26)27)11-16(17)23-21(25)24-20(29)15-5-3-4-14(12-15)19(22)28/h3-9,11-12H,2,10H2,1H3,(H2,22,28)(H,26,27)(H,23,24,29)/b9-7+. The number of nitrogens with zero attached hydrogens (tertiary/aromatic N) is 2. The summed E-state index contributed by atoms with van der Waals surface area (Å²) in [4.78, 5) is 42.0. The van der Waals surface area contributed by atoms with Gasteiger partial charge in [0.25, 0.3) is 5.91 Å². The van der Waals surface area contributed by atoms with Crippen molar-refractivity contribution in [3.8, 4) is 0 Å². The first-order valence-electron chi connectivity index (χ1n) is 9.01. The van der Waals surface area contributed by atoms with E-state index in [2.05, 4.69) is 9.98 Å². The molecule has 1 aromatic heterocycles. The largest absolute Gasteiger partial charge is 0.478 e. The predicted octanol–water partition coefficient (Wildman–Crippen LogP) is 2.32. The van der Waals surface area contributed by atoms with Crippen LogP contribution in [0.15, 0.2) is 53.5 Å². The summed E-state index contributed by atoms with van der Waals surface area (Å²) in [6.07, 6.45) is 3.38. The Kier molecular flexibility index (Phi) is 5.73. The normalized spacial score (nSPS) is 12.0. The molecule has 0 bridgehead atoms. The molecule has 2 amide bonds. The van der Waals surface area contributed by atoms with Gasteiger partial charge in [0.15, 0.2) is 0 Å². The number of primary amides is 1. The van der Waals surface area contributed by atoms with Gasteiger partial charge < -0.3 is 20.4 Å². The number of hydrogen-bond acceptors (Lipinski definition) is 3. The molecule has 0 unspecified atom stereocenters. The number of carbonyl (C=O) groups is 3. The van der Waals surface area contributed by atoms with Crippen molar-refractivity contribution in [2.75, 3.05) is 0 Å². The topological polar surface area (TPSA) is 131 Å². The van der Waals surface area contributed by atoms with Gasteiger partial charge in [-0.2, -0.15) is 4.99 Å². The third kappa shape index (κ3) is 4.49. The van der Waals surface area contributed by atoms with Crippen LogP contribution in [-0.4, -0.2) is 32.4 Å². The number of nitrogens with two attached hydrogens (primary N) is 1. The van der Waals surface area contributed by atoms with Crippen molar-refractivity contribution in [1.29, 1.82) is 0 Å². The molecule has 0 fully saturated rings. The summed E-state index contributed by atoms with van der Waals surface area (Å²) in [6.45, 7) is 2.65. The lowest BCUT2D eigenvalue weighted by atomic mass is 10.1. The zero-order chi connectivity index (χ0) is 21.0. The molecule has 1 heterocycles. The maximum atomic E-state index is 12.6. The number of H-pyrrole nitrogens is 1. The molecule has 0 aliphatic rings. The lowest BCUT2D eigenvalue weighted by Crippen LogP contribution is -2.21. The summed E-state index contributed by atoms with van der Waals surface area (Å²) in [7, 11) is 0. The van der Waals surface area contributed by atoms with Crippen molar-refractivity contribution in [3.05, 3.63) is 70.8 Å². The maximum absolute atomic E-state index is 12.6. The number of rotatable bonds is 6. The summed E-state index contributed by atoms with van der Waals surface area (Å²) in [5.74, 6) is -2.15. The molecule has 0 spiro atoms. The average molecular weight is 392 g/mol. The highest BCUT2D eigenvalue weighted by Crippen LogP contribution is 2.15. The minimum absolute atomic E-state index is 0.235. The number of benzene rings is 2. The molecule has 4 N–H and O–H groups in total. The molecule has 3 rings (SSSR count). The molecule has 8 nitrogen and oxygen atoms in total. The summed E-state index contributed by atoms with van der Waals surface area (Å²) in [5.41, 5.74) is 8.41. The number of amides is 2. The van der Waals surface area contributed by atoms with Crippen LogP contribution in [0, 0.1) is 0 Å². The quantitative estimate of drug-likeness (QED) is 0.556. The second kappa shape index (κ2) is 8.39. The molecule has 29 heavy (non-hydrogen) atoms. The van der Waals surface area contributed by atoms with Crippen molar-refractivity contribution in [2.45, 2.75) is 19.9 Å². The molecule has 0 aliphatic carbocycles. The summed E-state index contributed by atoms with van der Waals surface area (Å²) in [6, 6.07) is 11.5. The highest BCUT2D eigenvalue weighted by molar-refractivity contribution is 5.99. The molecule has 8 heteroatoms. The van der Waals surface area contributed by atoms with E-state index in [1.807, 2.05) is 17.6 Å². The smallest absolute Gasteiger partial charge is 0.328 e. The van der Waals surface area contributed by atoms with E-state index in [0.29, 0.717) is 17.7 Å². The molecule has 0 saturated carbocycles. The van der Waals surface area contributed by atoms with Gasteiger partial charge in [0.2, 0.25) is 11.5 Å². The van der Waals surface area contributed by atoms with E-state index in [4.69, 9.17) is 10.8 Å². The number of carbonyl (C=O) groups excluding carboxylic acids is 2. The van der Waals surface area contributed by atoms with E-state index in [1.165, 1.54) is 18.2 Å². The monoisotopic (exact) mass is 392 g/mol. The highest BCUT2D eigenvalue weighted by atomic mass is 16.4. The fourth-order valence-electron chi connectivity index (χ4n) is 2.97. The fraction of sp³-hybridized carbons (Fsp3) is 0.143. The Balaban J connectivity index is 2.08. The van der Waals surface area contributed by atoms with E-state index >= 15 is 0 Å². The Morgan fingerprint density at radius 1 is 1.17 bits per heavy atom. The first kappa shape index (κ1) is 19.8. The molecular formula is C21H20N4O4. The minimum atomic E-state index is -1.03. The van der Waals surface area contributed by atoms with E-state index in [0.717, 1.165) is 23.5 Å². The zero-order valence-corrected chi connectivity index (χ0v) is 15.8. The van der Waals surface area contributed by atoms with Crippen LogP contribution in [0.3, 0.4) is 0 Å². The van der Waals surface area contributed by atoms with Gasteiger partial charge in [0.1, 0.15) is 0 Å². The Bertz CT molecular complexity index is 1200. The van der Waals surface area contributed by atoms with Crippen LogP contribution in [0.25, 0.3) is 17.1 Å². The maximum Gasteiger partial charge on any atom is 0.328 e. The Labute approximate surface area is 166 Å². The average Bonchev–Trinajstić information content (AvgIpc) is 3.03. The summed E-state index contributed by atoms with van der Waals surface area (Å²) in [5, 5.41) is 8.79. The number of aliphatic carboxylic acids is 1. The molecule has 0 radical (unpaired) electrons. The molecule has 0 aliphatic heterocycles. The van der Waals surface area contributed by atoms with Crippen molar-refractivity contribution < 1.29 is 19.5 Å². The molecule has 148 valence electrons. The number of carboxylic acids is 1. The van der Waals surface area contributed by atoms with Crippen LogP contribution in [0.4, 0.5) is 0 Å². The van der Waals surface area contributed by atoms with E-state index in [-0.39, 0.29) is 11.1 Å². The van der Waals surface area contributed by atoms with E-state index < -0.39 is 17.8 Å². The number of aryl methyl sites for hydroxylation is 1. The first-order chi connectivity index (χ1) is 13.9. The Morgan fingerprint density at radius 3 is 2.62 bits per heavy atom. The van der Waals surface area contributed by atoms with Crippen molar-refractivity contribution in [3.63, 3.8) is 0 Å². The molecule has 3 aromatic rings. The molecular weight excluding hydrogens is 372 g/mol. The van der Waals surface area contributed by atoms with Crippen LogP contribution in [0.5, 0.6) is 0 Å². The van der Waals surface area contributed by atoms with Gasteiger partial charge in [-0.15, -0.1) is 0 Å². The SMILES string of the molecule is CCCn1/c(=N/C(=O)c2cccc(C(N)=O)c2)[nH]c2cc(/C=C/C(=O)O)ccc21. The lowest BCUT2D eigenvalue weighted by Gasteiger charge is -2.03. The molecule has 0 atom stereocenters. The predicted molar refractivity (Wildman–Crippen MR) is 108 cm³/mol. The number of nitrogens with one attached hydrogen (secondary N) is 1. The van der Waals surface area contributed by atoms with Crippen LogP contribution < -0.4 is 11.4 Å². The lowest BCUT2D eigenvalue weighted by molar-refractivity contribution is -0.131. The van der Waals surface area contributed by atoms with Crippen LogP contribution in [0.2, 0.25) is 0 Å². The molecule has 2 aromatic carbocycles. The van der Waals surface area contributed by atoms with E-state index in [9.17, 15) is 14.4 Å². The van der Waals surface area contributed by atoms with Gasteiger partial charge in [-0.05, 0) is 48.4 Å². The second-order valence-corrected chi connectivity index (χ2v) is 6.41. The third-order valence-corrected chi connectivity index (χ3v) is 4.28. The van der Waals surface area contributed by atoms with Gasteiger partial charge in [0, 0.05) is 23.7 Å². The number of imidazole rings is 1. The van der Waals surface area contributed by atoms with Crippen LogP contribution in [-0.2, 0) is 11.3 Å².